The number of aliphatic hydroxyl groups excluding tert-OH is 3. The summed E-state index contributed by atoms with van der Waals surface area (Å²) < 4.78 is 28.9. The summed E-state index contributed by atoms with van der Waals surface area (Å²) in [5, 5.41) is 30.8. The number of esters is 1. The number of ketones is 1. The molecule has 10 nitrogen and oxygen atoms in total. The Morgan fingerprint density at radius 3 is 2.55 bits per heavy atom. The van der Waals surface area contributed by atoms with Gasteiger partial charge in [-0.05, 0) is 88.0 Å². The summed E-state index contributed by atoms with van der Waals surface area (Å²) in [6.07, 6.45) is 2.95. The smallest absolute Gasteiger partial charge is 0.306 e. The maximum atomic E-state index is 14.1. The van der Waals surface area contributed by atoms with Gasteiger partial charge in [0.2, 0.25) is 0 Å². The fourth-order valence-electron chi connectivity index (χ4n) is 8.26. The minimum Gasteiger partial charge on any atom is -0.476 e. The van der Waals surface area contributed by atoms with Gasteiger partial charge in [-0.3, -0.25) is 9.59 Å². The average Bonchev–Trinajstić information content (AvgIpc) is 3.53. The number of carbonyl (C=O) groups excluding carboxylic acids is 2. The van der Waals surface area contributed by atoms with Crippen molar-refractivity contribution in [2.45, 2.75) is 121 Å². The topological polar surface area (TPSA) is 141 Å². The molecule has 42 heavy (non-hydrogen) atoms. The number of rotatable bonds is 6. The van der Waals surface area contributed by atoms with E-state index in [1.165, 1.54) is 6.26 Å². The van der Waals surface area contributed by atoms with Crippen molar-refractivity contribution in [3.8, 4) is 0 Å². The number of Topliss-reactive ketones (excluding diaryl/α,β-unsaturated/α-hetero) is 1. The van der Waals surface area contributed by atoms with E-state index in [0.717, 1.165) is 37.7 Å². The van der Waals surface area contributed by atoms with E-state index < -0.39 is 30.7 Å². The average molecular weight is 593 g/mol. The van der Waals surface area contributed by atoms with Gasteiger partial charge in [0.1, 0.15) is 18.3 Å². The Kier molecular flexibility index (Phi) is 10.1. The second-order valence-electron chi connectivity index (χ2n) is 13.1. The van der Waals surface area contributed by atoms with E-state index in [0.29, 0.717) is 18.8 Å². The molecule has 2 heterocycles. The fourth-order valence-corrected chi connectivity index (χ4v) is 8.26. The van der Waals surface area contributed by atoms with Gasteiger partial charge in [0.15, 0.2) is 18.9 Å². The highest BCUT2D eigenvalue weighted by Gasteiger charge is 2.53. The zero-order valence-electron chi connectivity index (χ0n) is 25.0. The van der Waals surface area contributed by atoms with Crippen molar-refractivity contribution < 1.29 is 48.6 Å². The van der Waals surface area contributed by atoms with Crippen molar-refractivity contribution in [1.82, 2.24) is 0 Å². The predicted molar refractivity (Wildman–Crippen MR) is 150 cm³/mol. The van der Waals surface area contributed by atoms with Crippen LogP contribution in [0.25, 0.3) is 0 Å². The number of carbonyl (C=O) groups is 2. The molecule has 3 N–H and O–H groups in total. The summed E-state index contributed by atoms with van der Waals surface area (Å²) in [5.41, 5.74) is 0.725. The minimum atomic E-state index is -1.34. The van der Waals surface area contributed by atoms with E-state index in [-0.39, 0.29) is 72.9 Å². The van der Waals surface area contributed by atoms with E-state index in [1.807, 2.05) is 13.8 Å². The molecule has 14 atom stereocenters. The predicted octanol–water partition coefficient (Wildman–Crippen LogP) is 3.02. The molecule has 5 rings (SSSR count). The monoisotopic (exact) mass is 592 g/mol. The summed E-state index contributed by atoms with van der Waals surface area (Å²) in [5.74, 6) is 0.148. The zero-order chi connectivity index (χ0) is 30.1. The Bertz CT molecular complexity index is 1010. The highest BCUT2D eigenvalue weighted by atomic mass is 16.7. The number of allylic oxidation sites excluding steroid dienone is 2. The van der Waals surface area contributed by atoms with E-state index in [1.54, 1.807) is 6.92 Å². The molecule has 0 aromatic heterocycles. The van der Waals surface area contributed by atoms with Crippen LogP contribution < -0.4 is 0 Å². The van der Waals surface area contributed by atoms with Crippen LogP contribution in [0.1, 0.15) is 72.1 Å². The number of hydrogen-bond acceptors (Lipinski definition) is 10. The number of hydrogen-bond donors (Lipinski definition) is 3. The second kappa shape index (κ2) is 13.4. The Morgan fingerprint density at radius 1 is 1.00 bits per heavy atom. The molecule has 2 aliphatic heterocycles. The molecule has 0 aromatic rings. The summed E-state index contributed by atoms with van der Waals surface area (Å²) in [7, 11) is 0. The van der Waals surface area contributed by atoms with E-state index in [9.17, 15) is 24.9 Å². The first-order valence-electron chi connectivity index (χ1n) is 15.7. The van der Waals surface area contributed by atoms with Crippen LogP contribution in [0.3, 0.4) is 0 Å². The molecular formula is C32H48O10. The summed E-state index contributed by atoms with van der Waals surface area (Å²) in [6.45, 7) is 9.07. The Labute approximate surface area is 248 Å². The third-order valence-corrected chi connectivity index (χ3v) is 10.5. The molecule has 0 bridgehead atoms. The largest absolute Gasteiger partial charge is 0.476 e. The lowest BCUT2D eigenvalue weighted by atomic mass is 9.66. The highest BCUT2D eigenvalue weighted by Crippen LogP contribution is 2.56. The summed E-state index contributed by atoms with van der Waals surface area (Å²) in [4.78, 5) is 27.1. The van der Waals surface area contributed by atoms with Gasteiger partial charge < -0.3 is 39.0 Å². The van der Waals surface area contributed by atoms with Crippen LogP contribution in [0, 0.1) is 35.5 Å². The van der Waals surface area contributed by atoms with Gasteiger partial charge in [0.05, 0.1) is 37.1 Å². The zero-order valence-corrected chi connectivity index (χ0v) is 25.0. The molecule has 9 unspecified atom stereocenters. The van der Waals surface area contributed by atoms with Gasteiger partial charge in [-0.15, -0.1) is 0 Å². The van der Waals surface area contributed by atoms with Crippen molar-refractivity contribution in [3.63, 3.8) is 0 Å². The van der Waals surface area contributed by atoms with E-state index >= 15 is 0 Å². The minimum absolute atomic E-state index is 0.0297. The maximum absolute atomic E-state index is 14.1. The molecule has 2 saturated carbocycles. The van der Waals surface area contributed by atoms with Gasteiger partial charge in [0.25, 0.3) is 0 Å². The van der Waals surface area contributed by atoms with Crippen LogP contribution in [0.15, 0.2) is 24.5 Å². The van der Waals surface area contributed by atoms with Crippen molar-refractivity contribution in [2.75, 3.05) is 6.79 Å². The lowest BCUT2D eigenvalue weighted by Gasteiger charge is -2.40. The number of ether oxygens (including phenoxy) is 5. The molecular weight excluding hydrogens is 544 g/mol. The normalized spacial score (nSPS) is 46.3. The van der Waals surface area contributed by atoms with Gasteiger partial charge >= 0.3 is 5.97 Å². The first-order valence-corrected chi connectivity index (χ1v) is 15.7. The molecule has 2 saturated heterocycles. The van der Waals surface area contributed by atoms with Crippen molar-refractivity contribution in [1.29, 1.82) is 0 Å². The van der Waals surface area contributed by atoms with Crippen LogP contribution in [-0.2, 0) is 33.3 Å². The Balaban J connectivity index is 1.34. The molecule has 10 heteroatoms. The first-order chi connectivity index (χ1) is 20.1. The first kappa shape index (κ1) is 31.6. The van der Waals surface area contributed by atoms with Crippen LogP contribution >= 0.6 is 0 Å². The lowest BCUT2D eigenvalue weighted by Crippen LogP contribution is -2.57. The standard InChI is InChI=1S/C32H48O10/c1-5-38-15-39-26-8-6-7-16(2)40-27(33)14-24-21-10-9-19-11-20(42-32-31(37)30(36)29(35)18(4)41-32)12-22(19)23(21)13-25(24)28(34)17(26)3/h5,13,16-24,26,29-32,35-37H,1,6-12,14-15H2,2-4H3/t16?,17?,18-,19?,20?,21?,22?,23?,24?,26?,29-,30+,31+,32-/m0/s1. The Morgan fingerprint density at radius 2 is 1.79 bits per heavy atom. The van der Waals surface area contributed by atoms with Gasteiger partial charge in [0, 0.05) is 11.8 Å². The summed E-state index contributed by atoms with van der Waals surface area (Å²) in [6, 6.07) is 0. The fraction of sp³-hybridized carbons (Fsp3) is 0.812. The van der Waals surface area contributed by atoms with Crippen LogP contribution in [-0.4, -0.2) is 82.9 Å². The molecule has 5 aliphatic rings. The molecule has 0 aromatic carbocycles. The molecule has 0 amide bonds. The maximum Gasteiger partial charge on any atom is 0.306 e. The SMILES string of the molecule is C=COCOC1CCCC(C)OC(=O)CC2C(=CC3C4CC(O[C@@H]5O[C@@H](C)[C@H](O)[C@@H](O)[C@H]5O)CC4CCC23)C(=O)C1C. The van der Waals surface area contributed by atoms with Gasteiger partial charge in [-0.1, -0.05) is 19.6 Å². The Hall–Kier alpha value is -1.82. The number of aliphatic hydroxyl groups is 3. The van der Waals surface area contributed by atoms with Gasteiger partial charge in [-0.25, -0.2) is 0 Å². The highest BCUT2D eigenvalue weighted by molar-refractivity contribution is 5.99. The van der Waals surface area contributed by atoms with Crippen molar-refractivity contribution in [3.05, 3.63) is 24.5 Å². The van der Waals surface area contributed by atoms with Crippen LogP contribution in [0.2, 0.25) is 0 Å². The van der Waals surface area contributed by atoms with E-state index in [2.05, 4.69) is 12.7 Å². The third-order valence-electron chi connectivity index (χ3n) is 10.5. The second-order valence-corrected chi connectivity index (χ2v) is 13.1. The molecule has 4 fully saturated rings. The molecule has 236 valence electrons. The van der Waals surface area contributed by atoms with Gasteiger partial charge in [-0.2, -0.15) is 0 Å². The third kappa shape index (κ3) is 6.49. The van der Waals surface area contributed by atoms with Crippen LogP contribution in [0.5, 0.6) is 0 Å². The summed E-state index contributed by atoms with van der Waals surface area (Å²) >= 11 is 0. The lowest BCUT2D eigenvalue weighted by molar-refractivity contribution is -0.303. The number of cyclic esters (lactones) is 1. The van der Waals surface area contributed by atoms with Crippen molar-refractivity contribution >= 4 is 11.8 Å². The molecule has 0 radical (unpaired) electrons. The molecule has 3 aliphatic carbocycles. The van der Waals surface area contributed by atoms with E-state index in [4.69, 9.17) is 23.7 Å². The quantitative estimate of drug-likeness (QED) is 0.182. The number of fused-ring (bicyclic) bond motifs is 5. The van der Waals surface area contributed by atoms with Crippen molar-refractivity contribution in [2.24, 2.45) is 35.5 Å². The van der Waals surface area contributed by atoms with Crippen LogP contribution in [0.4, 0.5) is 0 Å². The molecule has 0 spiro atoms.